The van der Waals surface area contributed by atoms with Gasteiger partial charge in [0.2, 0.25) is 5.43 Å². The van der Waals surface area contributed by atoms with E-state index in [1.165, 1.54) is 12.1 Å². The molecule has 0 radical (unpaired) electrons. The van der Waals surface area contributed by atoms with Gasteiger partial charge in [-0.2, -0.15) is 0 Å². The van der Waals surface area contributed by atoms with Gasteiger partial charge in [0.05, 0.1) is 17.7 Å². The molecule has 5 atom stereocenters. The highest BCUT2D eigenvalue weighted by Gasteiger charge is 2.46. The average Bonchev–Trinajstić information content (AvgIpc) is 2.74. The summed E-state index contributed by atoms with van der Waals surface area (Å²) in [7, 11) is 0. The molecule has 0 aliphatic carbocycles. The van der Waals surface area contributed by atoms with Gasteiger partial charge >= 0.3 is 0 Å². The van der Waals surface area contributed by atoms with E-state index < -0.39 is 65.2 Å². The highest BCUT2D eigenvalue weighted by Crippen LogP contribution is 2.43. The molecule has 2 heterocycles. The molecule has 2 aromatic carbocycles. The summed E-state index contributed by atoms with van der Waals surface area (Å²) in [5.74, 6) is -1.97. The molecular weight excluding hydrogens is 428 g/mol. The van der Waals surface area contributed by atoms with Crippen molar-refractivity contribution in [2.24, 2.45) is 0 Å². The number of ether oxygens (including phenoxy) is 1. The van der Waals surface area contributed by atoms with Crippen molar-refractivity contribution >= 4 is 11.0 Å². The summed E-state index contributed by atoms with van der Waals surface area (Å²) in [4.78, 5) is 13.1. The predicted molar refractivity (Wildman–Crippen MR) is 107 cm³/mol. The third-order valence-electron chi connectivity index (χ3n) is 5.49. The van der Waals surface area contributed by atoms with Gasteiger partial charge in [-0.15, -0.1) is 0 Å². The van der Waals surface area contributed by atoms with Crippen LogP contribution in [0, 0.1) is 0 Å². The van der Waals surface area contributed by atoms with Crippen LogP contribution in [-0.4, -0.2) is 71.9 Å². The Bertz CT molecular complexity index is 1230. The molecule has 11 nitrogen and oxygen atoms in total. The number of phenolic OH excluding ortho intramolecular Hbond substituents is 4. The molecule has 3 aromatic rings. The van der Waals surface area contributed by atoms with Crippen LogP contribution in [0.3, 0.4) is 0 Å². The highest BCUT2D eigenvalue weighted by molar-refractivity contribution is 5.91. The van der Waals surface area contributed by atoms with Crippen molar-refractivity contribution in [3.8, 4) is 34.1 Å². The van der Waals surface area contributed by atoms with Crippen LogP contribution >= 0.6 is 0 Å². The fourth-order valence-electron chi connectivity index (χ4n) is 3.84. The van der Waals surface area contributed by atoms with Crippen LogP contribution in [0.15, 0.2) is 39.7 Å². The molecule has 170 valence electrons. The Labute approximate surface area is 179 Å². The summed E-state index contributed by atoms with van der Waals surface area (Å²) >= 11 is 0. The third kappa shape index (κ3) is 3.32. The van der Waals surface area contributed by atoms with Gasteiger partial charge < -0.3 is 50.0 Å². The Morgan fingerprint density at radius 2 is 1.56 bits per heavy atom. The maximum absolute atomic E-state index is 13.1. The van der Waals surface area contributed by atoms with E-state index in [1.807, 2.05) is 0 Å². The molecule has 0 spiro atoms. The first-order chi connectivity index (χ1) is 15.1. The van der Waals surface area contributed by atoms with Crippen molar-refractivity contribution < 1.29 is 50.0 Å². The summed E-state index contributed by atoms with van der Waals surface area (Å²) in [5, 5.41) is 79.8. The van der Waals surface area contributed by atoms with Crippen LogP contribution in [0.2, 0.25) is 0 Å². The lowest BCUT2D eigenvalue weighted by Gasteiger charge is -2.40. The van der Waals surface area contributed by atoms with Crippen LogP contribution in [0.4, 0.5) is 0 Å². The zero-order valence-corrected chi connectivity index (χ0v) is 16.3. The lowest BCUT2D eigenvalue weighted by atomic mass is 9.89. The highest BCUT2D eigenvalue weighted by atomic mass is 16.5. The molecule has 1 aliphatic heterocycles. The van der Waals surface area contributed by atoms with E-state index in [9.17, 15) is 45.6 Å². The second kappa shape index (κ2) is 7.97. The van der Waals surface area contributed by atoms with Crippen LogP contribution in [-0.2, 0) is 4.74 Å². The molecule has 0 saturated carbocycles. The number of phenols is 4. The second-order valence-electron chi connectivity index (χ2n) is 7.46. The molecule has 8 N–H and O–H groups in total. The molecule has 1 aliphatic rings. The number of aliphatic hydroxyl groups is 4. The number of rotatable bonds is 3. The van der Waals surface area contributed by atoms with Gasteiger partial charge in [0.1, 0.15) is 65.2 Å². The standard InChI is InChI=1S/C21H20O11/c22-5-13-17(28)18(29)19(30)21(32-13)15-12(26)4-11(25)14-16(27)9(6-31-20(14)15)8-2-1-7(23)3-10(8)24/h1-4,6,13,17-19,21-26,28-30H,5H2. The van der Waals surface area contributed by atoms with E-state index in [0.717, 1.165) is 18.4 Å². The summed E-state index contributed by atoms with van der Waals surface area (Å²) in [5.41, 5.74) is -1.65. The summed E-state index contributed by atoms with van der Waals surface area (Å²) in [6.45, 7) is -0.716. The van der Waals surface area contributed by atoms with Crippen molar-refractivity contribution in [3.63, 3.8) is 0 Å². The first kappa shape index (κ1) is 21.9. The second-order valence-corrected chi connectivity index (χ2v) is 7.46. The summed E-state index contributed by atoms with van der Waals surface area (Å²) in [6.07, 6.45) is -7.06. The van der Waals surface area contributed by atoms with Crippen LogP contribution in [0.25, 0.3) is 22.1 Å². The molecule has 4 rings (SSSR count). The lowest BCUT2D eigenvalue weighted by Crippen LogP contribution is -2.55. The number of aliphatic hydroxyl groups excluding tert-OH is 4. The molecular formula is C21H20O11. The van der Waals surface area contributed by atoms with Gasteiger partial charge in [-0.1, -0.05) is 0 Å². The van der Waals surface area contributed by atoms with E-state index >= 15 is 0 Å². The Kier molecular flexibility index (Phi) is 5.44. The van der Waals surface area contributed by atoms with Crippen molar-refractivity contribution in [1.29, 1.82) is 0 Å². The molecule has 1 aromatic heterocycles. The smallest absolute Gasteiger partial charge is 0.204 e. The maximum Gasteiger partial charge on any atom is 0.204 e. The number of hydrogen-bond donors (Lipinski definition) is 8. The van der Waals surface area contributed by atoms with Crippen molar-refractivity contribution in [2.75, 3.05) is 6.61 Å². The molecule has 0 amide bonds. The molecule has 5 unspecified atom stereocenters. The SMILES string of the molecule is O=c1c(-c2ccc(O)cc2O)coc2c(C3OC(CO)C(O)C(O)C3O)c(O)cc(O)c12. The first-order valence-corrected chi connectivity index (χ1v) is 9.48. The lowest BCUT2D eigenvalue weighted by molar-refractivity contribution is -0.231. The minimum Gasteiger partial charge on any atom is -0.508 e. The topological polar surface area (TPSA) is 201 Å². The molecule has 32 heavy (non-hydrogen) atoms. The molecule has 1 saturated heterocycles. The van der Waals surface area contributed by atoms with Gasteiger partial charge in [0.15, 0.2) is 5.58 Å². The number of benzene rings is 2. The van der Waals surface area contributed by atoms with Crippen molar-refractivity contribution in [1.82, 2.24) is 0 Å². The van der Waals surface area contributed by atoms with Gasteiger partial charge in [0.25, 0.3) is 0 Å². The first-order valence-electron chi connectivity index (χ1n) is 9.48. The Hall–Kier alpha value is -3.35. The van der Waals surface area contributed by atoms with E-state index in [0.29, 0.717) is 0 Å². The normalized spacial score (nSPS) is 25.8. The fraction of sp³-hybridized carbons (Fsp3) is 0.286. The van der Waals surface area contributed by atoms with Crippen molar-refractivity contribution in [2.45, 2.75) is 30.5 Å². The Morgan fingerprint density at radius 3 is 2.22 bits per heavy atom. The van der Waals surface area contributed by atoms with Crippen LogP contribution in [0.1, 0.15) is 11.7 Å². The minimum atomic E-state index is -1.78. The van der Waals surface area contributed by atoms with E-state index in [1.54, 1.807) is 0 Å². The van der Waals surface area contributed by atoms with Gasteiger partial charge in [-0.05, 0) is 12.1 Å². The molecule has 11 heteroatoms. The number of hydrogen-bond acceptors (Lipinski definition) is 11. The predicted octanol–water partition coefficient (Wildman–Crippen LogP) is -0.203. The summed E-state index contributed by atoms with van der Waals surface area (Å²) < 4.78 is 10.9. The van der Waals surface area contributed by atoms with Gasteiger partial charge in [0, 0.05) is 17.7 Å². The van der Waals surface area contributed by atoms with Gasteiger partial charge in [-0.3, -0.25) is 4.79 Å². The van der Waals surface area contributed by atoms with Crippen molar-refractivity contribution in [3.05, 3.63) is 46.3 Å². The van der Waals surface area contributed by atoms with Crippen LogP contribution in [0.5, 0.6) is 23.0 Å². The minimum absolute atomic E-state index is 0.000292. The van der Waals surface area contributed by atoms with Crippen LogP contribution < -0.4 is 5.43 Å². The fourth-order valence-corrected chi connectivity index (χ4v) is 3.84. The third-order valence-corrected chi connectivity index (χ3v) is 5.49. The largest absolute Gasteiger partial charge is 0.508 e. The van der Waals surface area contributed by atoms with E-state index in [4.69, 9.17) is 9.15 Å². The van der Waals surface area contributed by atoms with E-state index in [2.05, 4.69) is 0 Å². The Balaban J connectivity index is 1.94. The molecule has 0 bridgehead atoms. The number of aromatic hydroxyl groups is 4. The average molecular weight is 448 g/mol. The van der Waals surface area contributed by atoms with E-state index in [-0.39, 0.29) is 28.0 Å². The monoisotopic (exact) mass is 448 g/mol. The summed E-state index contributed by atoms with van der Waals surface area (Å²) in [6, 6.07) is 4.32. The zero-order chi connectivity index (χ0) is 23.3. The zero-order valence-electron chi connectivity index (χ0n) is 16.3. The number of fused-ring (bicyclic) bond motifs is 1. The van der Waals surface area contributed by atoms with Gasteiger partial charge in [-0.25, -0.2) is 0 Å². The quantitative estimate of drug-likeness (QED) is 0.264. The maximum atomic E-state index is 13.1. The Morgan fingerprint density at radius 1 is 0.844 bits per heavy atom. The molecule has 1 fully saturated rings.